The number of nitrogens with zero attached hydrogens (tertiary/aromatic N) is 1. The van der Waals surface area contributed by atoms with Gasteiger partial charge in [0.2, 0.25) is 0 Å². The highest BCUT2D eigenvalue weighted by Gasteiger charge is 2.27. The van der Waals surface area contributed by atoms with E-state index in [1.807, 2.05) is 0 Å². The van der Waals surface area contributed by atoms with Gasteiger partial charge in [-0.15, -0.1) is 24.8 Å². The monoisotopic (exact) mass is 487 g/mol. The number of aliphatic hydroxyl groups is 1. The van der Waals surface area contributed by atoms with Crippen LogP contribution in [-0.2, 0) is 12.8 Å². The maximum absolute atomic E-state index is 13.9. The van der Waals surface area contributed by atoms with Gasteiger partial charge in [0, 0.05) is 24.7 Å². The fourth-order valence-electron chi connectivity index (χ4n) is 3.46. The second kappa shape index (κ2) is 13.7. The molecular weight excluding hydrogens is 452 g/mol. The van der Waals surface area contributed by atoms with E-state index in [9.17, 15) is 14.3 Å². The average molecular weight is 488 g/mol. The Morgan fingerprint density at radius 2 is 1.81 bits per heavy atom. The van der Waals surface area contributed by atoms with Crippen LogP contribution < -0.4 is 11.1 Å². The second-order valence-electron chi connectivity index (χ2n) is 8.91. The largest absolute Gasteiger partial charge is 0.391 e. The zero-order chi connectivity index (χ0) is 22.3. The van der Waals surface area contributed by atoms with Gasteiger partial charge in [0.15, 0.2) is 0 Å². The number of aliphatic hydroxyl groups excluding tert-OH is 1. The van der Waals surface area contributed by atoms with Crippen molar-refractivity contribution in [2.75, 3.05) is 0 Å². The molecular formula is C24H36Cl2FN3O2. The number of halogens is 3. The number of aromatic nitrogens is 1. The summed E-state index contributed by atoms with van der Waals surface area (Å²) in [7, 11) is 0. The van der Waals surface area contributed by atoms with E-state index >= 15 is 0 Å². The SMILES string of the molecule is CCCC(NC(=O)c1cccnc1C[C@H](O)[C@H](N)Cc1ccccc1F)C(C)(C)C.Cl.Cl. The van der Waals surface area contributed by atoms with Crippen LogP contribution in [0.2, 0.25) is 0 Å². The van der Waals surface area contributed by atoms with Gasteiger partial charge in [0.1, 0.15) is 5.82 Å². The molecule has 0 saturated carbocycles. The van der Waals surface area contributed by atoms with Crippen LogP contribution in [0.4, 0.5) is 4.39 Å². The van der Waals surface area contributed by atoms with Crippen molar-refractivity contribution in [3.8, 4) is 0 Å². The zero-order valence-electron chi connectivity index (χ0n) is 19.2. The number of pyridine rings is 1. The Kier molecular flexibility index (Phi) is 13.0. The Balaban J connectivity index is 0.00000480. The van der Waals surface area contributed by atoms with Gasteiger partial charge in [-0.1, -0.05) is 52.3 Å². The molecule has 0 aliphatic heterocycles. The number of carbonyl (C=O) groups is 1. The third kappa shape index (κ3) is 8.66. The highest BCUT2D eigenvalue weighted by Crippen LogP contribution is 2.23. The molecule has 0 saturated heterocycles. The van der Waals surface area contributed by atoms with Crippen molar-refractivity contribution in [1.29, 1.82) is 0 Å². The number of hydrogen-bond donors (Lipinski definition) is 3. The van der Waals surface area contributed by atoms with Gasteiger partial charge in [0.25, 0.3) is 5.91 Å². The maximum atomic E-state index is 13.9. The highest BCUT2D eigenvalue weighted by atomic mass is 35.5. The fraction of sp³-hybridized carbons (Fsp3) is 0.500. The van der Waals surface area contributed by atoms with Crippen LogP contribution in [0.1, 0.15) is 62.2 Å². The third-order valence-electron chi connectivity index (χ3n) is 5.37. The molecule has 32 heavy (non-hydrogen) atoms. The number of benzene rings is 1. The van der Waals surface area contributed by atoms with Gasteiger partial charge in [-0.3, -0.25) is 9.78 Å². The Bertz CT molecular complexity index is 846. The lowest BCUT2D eigenvalue weighted by Crippen LogP contribution is -2.44. The van der Waals surface area contributed by atoms with Crippen molar-refractivity contribution < 1.29 is 14.3 Å². The van der Waals surface area contributed by atoms with E-state index in [4.69, 9.17) is 5.73 Å². The summed E-state index contributed by atoms with van der Waals surface area (Å²) in [6.07, 6.45) is 2.79. The number of carbonyl (C=O) groups excluding carboxylic acids is 1. The van der Waals surface area contributed by atoms with Crippen molar-refractivity contribution in [3.63, 3.8) is 0 Å². The molecule has 1 amide bonds. The number of nitrogens with two attached hydrogens (primary N) is 1. The lowest BCUT2D eigenvalue weighted by Gasteiger charge is -2.31. The van der Waals surface area contributed by atoms with E-state index in [0.29, 0.717) is 16.8 Å². The number of nitrogens with one attached hydrogen (secondary N) is 1. The van der Waals surface area contributed by atoms with Crippen LogP contribution in [0.25, 0.3) is 0 Å². The minimum Gasteiger partial charge on any atom is -0.391 e. The van der Waals surface area contributed by atoms with Crippen LogP contribution in [-0.4, -0.2) is 34.2 Å². The van der Waals surface area contributed by atoms with E-state index in [2.05, 4.69) is 38.0 Å². The standard InChI is InChI=1S/C24H34FN3O2.2ClH/c1-5-9-22(24(2,3)4)28-23(30)17-11-8-13-27-20(17)15-21(29)19(26)14-16-10-6-7-12-18(16)25;;/h6-8,10-13,19,21-22,29H,5,9,14-15,26H2,1-4H3,(H,28,30);2*1H/t19-,21+,22?;;/m1../s1. The molecule has 1 heterocycles. The smallest absolute Gasteiger partial charge is 0.253 e. The molecule has 1 unspecified atom stereocenters. The minimum absolute atomic E-state index is 0. The molecule has 5 nitrogen and oxygen atoms in total. The summed E-state index contributed by atoms with van der Waals surface area (Å²) in [5.41, 5.74) is 7.42. The van der Waals surface area contributed by atoms with Gasteiger partial charge in [-0.05, 0) is 42.0 Å². The molecule has 8 heteroatoms. The molecule has 1 aromatic carbocycles. The molecule has 1 aromatic heterocycles. The highest BCUT2D eigenvalue weighted by molar-refractivity contribution is 5.95. The van der Waals surface area contributed by atoms with E-state index in [0.717, 1.165) is 12.8 Å². The Morgan fingerprint density at radius 1 is 1.16 bits per heavy atom. The predicted molar refractivity (Wildman–Crippen MR) is 132 cm³/mol. The van der Waals surface area contributed by atoms with Gasteiger partial charge in [-0.2, -0.15) is 0 Å². The molecule has 0 aliphatic rings. The third-order valence-corrected chi connectivity index (χ3v) is 5.37. The summed E-state index contributed by atoms with van der Waals surface area (Å²) < 4.78 is 13.9. The van der Waals surface area contributed by atoms with Crippen LogP contribution >= 0.6 is 24.8 Å². The normalized spacial score (nSPS) is 13.8. The lowest BCUT2D eigenvalue weighted by molar-refractivity contribution is 0.0893. The first-order valence-electron chi connectivity index (χ1n) is 10.5. The summed E-state index contributed by atoms with van der Waals surface area (Å²) in [6, 6.07) is 9.14. The van der Waals surface area contributed by atoms with Gasteiger partial charge in [0.05, 0.1) is 17.4 Å². The predicted octanol–water partition coefficient (Wildman–Crippen LogP) is 4.48. The fourth-order valence-corrected chi connectivity index (χ4v) is 3.46. The summed E-state index contributed by atoms with van der Waals surface area (Å²) >= 11 is 0. The molecule has 0 radical (unpaired) electrons. The Labute approximate surface area is 203 Å². The van der Waals surface area contributed by atoms with Crippen LogP contribution in [0.15, 0.2) is 42.6 Å². The molecule has 2 aromatic rings. The summed E-state index contributed by atoms with van der Waals surface area (Å²) in [4.78, 5) is 17.3. The molecule has 2 rings (SSSR count). The van der Waals surface area contributed by atoms with Crippen LogP contribution in [0, 0.1) is 11.2 Å². The number of rotatable bonds is 9. The number of amides is 1. The molecule has 0 spiro atoms. The van der Waals surface area contributed by atoms with E-state index in [1.54, 1.807) is 36.5 Å². The van der Waals surface area contributed by atoms with Gasteiger partial charge < -0.3 is 16.2 Å². The Morgan fingerprint density at radius 3 is 2.41 bits per heavy atom. The average Bonchev–Trinajstić information content (AvgIpc) is 2.69. The maximum Gasteiger partial charge on any atom is 0.253 e. The quantitative estimate of drug-likeness (QED) is 0.486. The molecule has 4 N–H and O–H groups in total. The summed E-state index contributed by atoms with van der Waals surface area (Å²) in [5.74, 6) is -0.552. The number of hydrogen-bond acceptors (Lipinski definition) is 4. The minimum atomic E-state index is -0.958. The van der Waals surface area contributed by atoms with Crippen molar-refractivity contribution >= 4 is 30.7 Å². The van der Waals surface area contributed by atoms with Gasteiger partial charge in [-0.25, -0.2) is 4.39 Å². The molecule has 180 valence electrons. The Hall–Kier alpha value is -1.73. The van der Waals surface area contributed by atoms with E-state index in [-0.39, 0.29) is 60.8 Å². The van der Waals surface area contributed by atoms with E-state index < -0.39 is 12.1 Å². The first kappa shape index (κ1) is 30.3. The second-order valence-corrected chi connectivity index (χ2v) is 8.91. The van der Waals surface area contributed by atoms with Crippen molar-refractivity contribution in [1.82, 2.24) is 10.3 Å². The first-order chi connectivity index (χ1) is 14.1. The molecule has 3 atom stereocenters. The van der Waals surface area contributed by atoms with Crippen molar-refractivity contribution in [2.45, 2.75) is 71.6 Å². The zero-order valence-corrected chi connectivity index (χ0v) is 20.8. The molecule has 0 aliphatic carbocycles. The van der Waals surface area contributed by atoms with Crippen molar-refractivity contribution in [2.24, 2.45) is 11.1 Å². The van der Waals surface area contributed by atoms with Gasteiger partial charge >= 0.3 is 0 Å². The summed E-state index contributed by atoms with van der Waals surface area (Å²) in [6.45, 7) is 8.39. The topological polar surface area (TPSA) is 88.2 Å². The summed E-state index contributed by atoms with van der Waals surface area (Å²) in [5, 5.41) is 13.7. The molecule has 0 bridgehead atoms. The lowest BCUT2D eigenvalue weighted by atomic mass is 9.84. The van der Waals surface area contributed by atoms with E-state index in [1.165, 1.54) is 6.07 Å². The van der Waals surface area contributed by atoms with Crippen LogP contribution in [0.5, 0.6) is 0 Å². The first-order valence-corrected chi connectivity index (χ1v) is 10.5. The molecule has 0 fully saturated rings. The van der Waals surface area contributed by atoms with Crippen LogP contribution in [0.3, 0.4) is 0 Å². The van der Waals surface area contributed by atoms with Crippen molar-refractivity contribution in [3.05, 3.63) is 65.2 Å².